The third kappa shape index (κ3) is 4.41. The molecule has 1 spiro atoms. The van der Waals surface area contributed by atoms with Gasteiger partial charge >= 0.3 is 12.0 Å². The van der Waals surface area contributed by atoms with E-state index in [1.165, 1.54) is 19.3 Å². The zero-order valence-corrected chi connectivity index (χ0v) is 14.4. The molecule has 1 unspecified atom stereocenters. The molecular weight excluding hydrogens is 308 g/mol. The highest BCUT2D eigenvalue weighted by Crippen LogP contribution is 2.38. The maximum atomic E-state index is 12.3. The first-order valence-electron chi connectivity index (χ1n) is 9.50. The van der Waals surface area contributed by atoms with E-state index in [9.17, 15) is 9.59 Å². The second-order valence-electron chi connectivity index (χ2n) is 7.79. The van der Waals surface area contributed by atoms with E-state index in [2.05, 4.69) is 10.6 Å². The van der Waals surface area contributed by atoms with E-state index in [-0.39, 0.29) is 29.6 Å². The molecule has 0 aromatic heterocycles. The third-order valence-corrected chi connectivity index (χ3v) is 6.00. The highest BCUT2D eigenvalue weighted by atomic mass is 16.5. The van der Waals surface area contributed by atoms with Crippen LogP contribution in [0.1, 0.15) is 70.6 Å². The molecule has 0 bridgehead atoms. The molecule has 2 saturated carbocycles. The monoisotopic (exact) mass is 338 g/mol. The smallest absolute Gasteiger partial charge is 0.315 e. The molecule has 0 aromatic rings. The average molecular weight is 338 g/mol. The zero-order valence-electron chi connectivity index (χ0n) is 14.4. The molecule has 3 aliphatic rings. The molecule has 1 aliphatic heterocycles. The first kappa shape index (κ1) is 17.5. The lowest BCUT2D eigenvalue weighted by Gasteiger charge is -2.43. The molecule has 1 heterocycles. The van der Waals surface area contributed by atoms with Crippen LogP contribution in [0.4, 0.5) is 4.79 Å². The molecule has 6 heteroatoms. The highest BCUT2D eigenvalue weighted by molar-refractivity contribution is 5.74. The molecule has 6 nitrogen and oxygen atoms in total. The van der Waals surface area contributed by atoms with Gasteiger partial charge in [0.2, 0.25) is 0 Å². The first-order valence-corrected chi connectivity index (χ1v) is 9.50. The molecule has 136 valence electrons. The van der Waals surface area contributed by atoms with Gasteiger partial charge in [-0.2, -0.15) is 0 Å². The van der Waals surface area contributed by atoms with Crippen LogP contribution in [0.2, 0.25) is 0 Å². The summed E-state index contributed by atoms with van der Waals surface area (Å²) in [5, 5.41) is 15.2. The van der Waals surface area contributed by atoms with Gasteiger partial charge in [-0.05, 0) is 51.4 Å². The van der Waals surface area contributed by atoms with Crippen LogP contribution in [0.3, 0.4) is 0 Å². The predicted octanol–water partition coefficient (Wildman–Crippen LogP) is 2.81. The van der Waals surface area contributed by atoms with Gasteiger partial charge in [0, 0.05) is 18.7 Å². The van der Waals surface area contributed by atoms with E-state index >= 15 is 0 Å². The molecule has 2 aliphatic carbocycles. The van der Waals surface area contributed by atoms with Crippen LogP contribution in [0.15, 0.2) is 0 Å². The summed E-state index contributed by atoms with van der Waals surface area (Å²) in [7, 11) is 0. The maximum Gasteiger partial charge on any atom is 0.315 e. The number of aliphatic carboxylic acids is 1. The molecular formula is C18H30N2O4. The Balaban J connectivity index is 1.42. The summed E-state index contributed by atoms with van der Waals surface area (Å²) in [6, 6.07) is 0.183. The van der Waals surface area contributed by atoms with Gasteiger partial charge in [0.05, 0.1) is 11.5 Å². The predicted molar refractivity (Wildman–Crippen MR) is 89.8 cm³/mol. The van der Waals surface area contributed by atoms with E-state index in [1.807, 2.05) is 0 Å². The Labute approximate surface area is 143 Å². The fourth-order valence-corrected chi connectivity index (χ4v) is 4.59. The molecule has 0 radical (unpaired) electrons. The van der Waals surface area contributed by atoms with Crippen LogP contribution in [0.25, 0.3) is 0 Å². The molecule has 1 saturated heterocycles. The minimum atomic E-state index is -0.710. The van der Waals surface area contributed by atoms with E-state index < -0.39 is 5.97 Å². The summed E-state index contributed by atoms with van der Waals surface area (Å²) in [4.78, 5) is 23.3. The van der Waals surface area contributed by atoms with Gasteiger partial charge in [-0.1, -0.05) is 19.3 Å². The van der Waals surface area contributed by atoms with Crippen molar-refractivity contribution in [3.63, 3.8) is 0 Å². The Morgan fingerprint density at radius 1 is 0.917 bits per heavy atom. The number of urea groups is 1. The molecule has 3 fully saturated rings. The summed E-state index contributed by atoms with van der Waals surface area (Å²) in [5.74, 6) is -0.953. The third-order valence-electron chi connectivity index (χ3n) is 6.00. The maximum absolute atomic E-state index is 12.3. The summed E-state index contributed by atoms with van der Waals surface area (Å²) >= 11 is 0. The van der Waals surface area contributed by atoms with Crippen molar-refractivity contribution < 1.29 is 19.4 Å². The number of carbonyl (C=O) groups is 2. The fourth-order valence-electron chi connectivity index (χ4n) is 4.59. The summed E-state index contributed by atoms with van der Waals surface area (Å²) in [5.41, 5.74) is -0.00596. The van der Waals surface area contributed by atoms with E-state index in [4.69, 9.17) is 9.84 Å². The second kappa shape index (κ2) is 7.72. The molecule has 3 rings (SSSR count). The largest absolute Gasteiger partial charge is 0.481 e. The first-order chi connectivity index (χ1) is 11.6. The number of nitrogens with one attached hydrogen (secondary N) is 2. The van der Waals surface area contributed by atoms with Crippen molar-refractivity contribution in [2.75, 3.05) is 6.61 Å². The highest BCUT2D eigenvalue weighted by Gasteiger charge is 2.39. The normalized spacial score (nSPS) is 32.9. The lowest BCUT2D eigenvalue weighted by molar-refractivity contribution is -0.142. The molecule has 0 aromatic carbocycles. The van der Waals surface area contributed by atoms with Crippen LogP contribution in [-0.2, 0) is 9.53 Å². The Morgan fingerprint density at radius 2 is 1.58 bits per heavy atom. The van der Waals surface area contributed by atoms with E-state index in [1.54, 1.807) is 0 Å². The molecule has 24 heavy (non-hydrogen) atoms. The van der Waals surface area contributed by atoms with Crippen LogP contribution < -0.4 is 10.6 Å². The van der Waals surface area contributed by atoms with Crippen LogP contribution in [-0.4, -0.2) is 41.4 Å². The van der Waals surface area contributed by atoms with Gasteiger partial charge in [0.1, 0.15) is 0 Å². The number of carbonyl (C=O) groups excluding carboxylic acids is 1. The number of rotatable bonds is 3. The minimum Gasteiger partial charge on any atom is -0.481 e. The zero-order chi connectivity index (χ0) is 17.0. The summed E-state index contributed by atoms with van der Waals surface area (Å²) in [6.45, 7) is 0.731. The van der Waals surface area contributed by atoms with Crippen molar-refractivity contribution in [3.8, 4) is 0 Å². The molecule has 3 N–H and O–H groups in total. The van der Waals surface area contributed by atoms with Crippen molar-refractivity contribution in [1.82, 2.24) is 10.6 Å². The topological polar surface area (TPSA) is 87.7 Å². The number of carboxylic acid groups (broad SMARTS) is 1. The van der Waals surface area contributed by atoms with Gasteiger partial charge in [-0.25, -0.2) is 4.79 Å². The van der Waals surface area contributed by atoms with Crippen molar-refractivity contribution in [2.45, 2.75) is 88.3 Å². The van der Waals surface area contributed by atoms with Crippen molar-refractivity contribution in [2.24, 2.45) is 5.92 Å². The SMILES string of the molecule is O=C(NC1CCC(C(=O)O)CC1)NC1CCOC2(CCCCC2)C1. The number of carboxylic acids is 1. The minimum absolute atomic E-state index is 0.00596. The number of hydrogen-bond donors (Lipinski definition) is 3. The van der Waals surface area contributed by atoms with Crippen molar-refractivity contribution >= 4 is 12.0 Å². The Morgan fingerprint density at radius 3 is 2.25 bits per heavy atom. The summed E-state index contributed by atoms with van der Waals surface area (Å²) < 4.78 is 6.08. The molecule has 2 amide bonds. The number of hydrogen-bond acceptors (Lipinski definition) is 3. The fraction of sp³-hybridized carbons (Fsp3) is 0.889. The second-order valence-corrected chi connectivity index (χ2v) is 7.79. The van der Waals surface area contributed by atoms with E-state index in [0.29, 0.717) is 12.8 Å². The van der Waals surface area contributed by atoms with E-state index in [0.717, 1.165) is 45.1 Å². The van der Waals surface area contributed by atoms with Gasteiger partial charge in [-0.3, -0.25) is 4.79 Å². The Bertz CT molecular complexity index is 448. The van der Waals surface area contributed by atoms with Gasteiger partial charge < -0.3 is 20.5 Å². The molecule has 1 atom stereocenters. The number of amides is 2. The lowest BCUT2D eigenvalue weighted by Crippen LogP contribution is -2.53. The standard InChI is InChI=1S/C18H30N2O4/c21-16(22)13-4-6-14(7-5-13)19-17(23)20-15-8-11-24-18(12-15)9-2-1-3-10-18/h13-15H,1-12H2,(H,21,22)(H2,19,20,23). The van der Waals surface area contributed by atoms with Gasteiger partial charge in [-0.15, -0.1) is 0 Å². The van der Waals surface area contributed by atoms with Gasteiger partial charge in [0.25, 0.3) is 0 Å². The quantitative estimate of drug-likeness (QED) is 0.738. The average Bonchev–Trinajstić information content (AvgIpc) is 2.56. The van der Waals surface area contributed by atoms with Crippen molar-refractivity contribution in [3.05, 3.63) is 0 Å². The van der Waals surface area contributed by atoms with Gasteiger partial charge in [0.15, 0.2) is 0 Å². The van der Waals surface area contributed by atoms with Crippen molar-refractivity contribution in [1.29, 1.82) is 0 Å². The van der Waals surface area contributed by atoms with Crippen LogP contribution in [0.5, 0.6) is 0 Å². The Kier molecular flexibility index (Phi) is 5.64. The van der Waals surface area contributed by atoms with Crippen LogP contribution in [0, 0.1) is 5.92 Å². The summed E-state index contributed by atoms with van der Waals surface area (Å²) in [6.07, 6.45) is 10.6. The van der Waals surface area contributed by atoms with Crippen LogP contribution >= 0.6 is 0 Å². The Hall–Kier alpha value is -1.30. The lowest BCUT2D eigenvalue weighted by atomic mass is 9.78. The number of ether oxygens (including phenoxy) is 1.